The monoisotopic (exact) mass is 382 g/mol. The maximum atomic E-state index is 12.9. The van der Waals surface area contributed by atoms with Crippen LogP contribution in [-0.4, -0.2) is 38.5 Å². The molecule has 0 bridgehead atoms. The van der Waals surface area contributed by atoms with Crippen molar-refractivity contribution in [1.29, 1.82) is 0 Å². The zero-order valence-corrected chi connectivity index (χ0v) is 15.7. The highest BCUT2D eigenvalue weighted by atomic mass is 32.2. The maximum Gasteiger partial charge on any atom is 0.242 e. The van der Waals surface area contributed by atoms with E-state index in [9.17, 15) is 17.6 Å². The first-order chi connectivity index (χ1) is 11.7. The van der Waals surface area contributed by atoms with Crippen LogP contribution < -0.4 is 5.32 Å². The van der Waals surface area contributed by atoms with Crippen molar-refractivity contribution in [1.82, 2.24) is 4.31 Å². The van der Waals surface area contributed by atoms with E-state index < -0.39 is 10.0 Å². The fourth-order valence-electron chi connectivity index (χ4n) is 1.97. The number of carbonyl (C=O) groups excluding carboxylic acids is 1. The molecular weight excluding hydrogens is 363 g/mol. The molecule has 0 radical (unpaired) electrons. The molecule has 134 valence electrons. The number of amides is 1. The molecule has 0 heterocycles. The van der Waals surface area contributed by atoms with Crippen molar-refractivity contribution in [2.24, 2.45) is 0 Å². The molecule has 2 aromatic carbocycles. The number of halogens is 1. The standard InChI is InChI=1S/C17H19FN2O3S2/c1-12-4-9-15(25(22,23)20(2)3)10-16(12)19-17(21)11-24-14-7-5-13(18)6-8-14/h4-10H,11H2,1-3H3,(H,19,21). The summed E-state index contributed by atoms with van der Waals surface area (Å²) in [6.45, 7) is 1.79. The summed E-state index contributed by atoms with van der Waals surface area (Å²) in [6, 6.07) is 10.5. The van der Waals surface area contributed by atoms with Crippen LogP contribution in [-0.2, 0) is 14.8 Å². The summed E-state index contributed by atoms with van der Waals surface area (Å²) in [5, 5.41) is 2.73. The van der Waals surface area contributed by atoms with Crippen LogP contribution in [0.3, 0.4) is 0 Å². The normalized spacial score (nSPS) is 11.6. The molecule has 0 atom stereocenters. The third-order valence-electron chi connectivity index (χ3n) is 3.45. The van der Waals surface area contributed by atoms with Crippen LogP contribution in [0.15, 0.2) is 52.3 Å². The summed E-state index contributed by atoms with van der Waals surface area (Å²) in [5.41, 5.74) is 1.21. The van der Waals surface area contributed by atoms with Gasteiger partial charge in [0.15, 0.2) is 0 Å². The van der Waals surface area contributed by atoms with Gasteiger partial charge in [-0.3, -0.25) is 4.79 Å². The predicted molar refractivity (Wildman–Crippen MR) is 97.8 cm³/mol. The van der Waals surface area contributed by atoms with Crippen molar-refractivity contribution in [3.05, 3.63) is 53.8 Å². The number of aryl methyl sites for hydroxylation is 1. The number of nitrogens with zero attached hydrogens (tertiary/aromatic N) is 1. The Morgan fingerprint density at radius 3 is 2.40 bits per heavy atom. The van der Waals surface area contributed by atoms with Gasteiger partial charge in [-0.05, 0) is 48.9 Å². The van der Waals surface area contributed by atoms with Crippen molar-refractivity contribution < 1.29 is 17.6 Å². The second kappa shape index (κ2) is 7.99. The van der Waals surface area contributed by atoms with Gasteiger partial charge in [0.1, 0.15) is 5.82 Å². The van der Waals surface area contributed by atoms with Crippen LogP contribution >= 0.6 is 11.8 Å². The van der Waals surface area contributed by atoms with E-state index in [0.717, 1.165) is 14.8 Å². The van der Waals surface area contributed by atoms with Crippen LogP contribution in [0, 0.1) is 12.7 Å². The molecule has 0 aromatic heterocycles. The third-order valence-corrected chi connectivity index (χ3v) is 6.27. The lowest BCUT2D eigenvalue weighted by Crippen LogP contribution is -2.22. The van der Waals surface area contributed by atoms with Crippen LogP contribution in [0.5, 0.6) is 0 Å². The van der Waals surface area contributed by atoms with E-state index in [2.05, 4.69) is 5.32 Å². The second-order valence-electron chi connectivity index (χ2n) is 5.55. The van der Waals surface area contributed by atoms with Gasteiger partial charge in [-0.25, -0.2) is 17.1 Å². The van der Waals surface area contributed by atoms with Crippen molar-refractivity contribution in [3.63, 3.8) is 0 Å². The molecule has 2 aromatic rings. The number of nitrogens with one attached hydrogen (secondary N) is 1. The lowest BCUT2D eigenvalue weighted by Gasteiger charge is -2.14. The molecule has 0 aliphatic rings. The summed E-state index contributed by atoms with van der Waals surface area (Å²) in [4.78, 5) is 13.0. The molecule has 2 rings (SSSR count). The minimum Gasteiger partial charge on any atom is -0.325 e. The Labute approximate surface area is 151 Å². The summed E-state index contributed by atoms with van der Waals surface area (Å²) < 4.78 is 38.4. The molecule has 8 heteroatoms. The highest BCUT2D eigenvalue weighted by Crippen LogP contribution is 2.23. The number of sulfonamides is 1. The Balaban J connectivity index is 2.08. The topological polar surface area (TPSA) is 66.5 Å². The van der Waals surface area contributed by atoms with Gasteiger partial charge in [-0.2, -0.15) is 0 Å². The number of anilines is 1. The van der Waals surface area contributed by atoms with Crippen LogP contribution in [0.2, 0.25) is 0 Å². The van der Waals surface area contributed by atoms with Crippen molar-refractivity contribution in [2.45, 2.75) is 16.7 Å². The van der Waals surface area contributed by atoms with E-state index in [-0.39, 0.29) is 22.4 Å². The molecule has 1 N–H and O–H groups in total. The first kappa shape index (κ1) is 19.4. The Bertz CT molecular complexity index is 866. The van der Waals surface area contributed by atoms with Crippen molar-refractivity contribution in [3.8, 4) is 0 Å². The summed E-state index contributed by atoms with van der Waals surface area (Å²) in [5.74, 6) is -0.462. The first-order valence-corrected chi connectivity index (χ1v) is 9.84. The molecule has 0 saturated heterocycles. The summed E-state index contributed by atoms with van der Waals surface area (Å²) >= 11 is 1.27. The Hall–Kier alpha value is -1.90. The maximum absolute atomic E-state index is 12.9. The van der Waals surface area contributed by atoms with Gasteiger partial charge in [-0.15, -0.1) is 11.8 Å². The van der Waals surface area contributed by atoms with E-state index in [4.69, 9.17) is 0 Å². The minimum atomic E-state index is -3.57. The average Bonchev–Trinajstić information content (AvgIpc) is 2.56. The summed E-state index contributed by atoms with van der Waals surface area (Å²) in [6.07, 6.45) is 0. The number of rotatable bonds is 6. The molecule has 0 saturated carbocycles. The number of benzene rings is 2. The van der Waals surface area contributed by atoms with Gasteiger partial charge in [-0.1, -0.05) is 6.07 Å². The Morgan fingerprint density at radius 1 is 1.16 bits per heavy atom. The zero-order chi connectivity index (χ0) is 18.6. The summed E-state index contributed by atoms with van der Waals surface area (Å²) in [7, 11) is -0.668. The molecule has 0 aliphatic carbocycles. The van der Waals surface area contributed by atoms with Gasteiger partial charge in [0.2, 0.25) is 15.9 Å². The van der Waals surface area contributed by atoms with E-state index in [1.54, 1.807) is 25.1 Å². The first-order valence-electron chi connectivity index (χ1n) is 7.41. The number of hydrogen-bond donors (Lipinski definition) is 1. The van der Waals surface area contributed by atoms with Crippen LogP contribution in [0.1, 0.15) is 5.56 Å². The zero-order valence-electron chi connectivity index (χ0n) is 14.1. The van der Waals surface area contributed by atoms with Gasteiger partial charge in [0.05, 0.1) is 10.6 Å². The van der Waals surface area contributed by atoms with E-state index in [0.29, 0.717) is 5.69 Å². The molecule has 5 nitrogen and oxygen atoms in total. The van der Waals surface area contributed by atoms with E-state index in [1.165, 1.54) is 50.1 Å². The fraction of sp³-hybridized carbons (Fsp3) is 0.235. The lowest BCUT2D eigenvalue weighted by atomic mass is 10.2. The van der Waals surface area contributed by atoms with Crippen molar-refractivity contribution >= 4 is 33.4 Å². The molecule has 1 amide bonds. The van der Waals surface area contributed by atoms with Crippen molar-refractivity contribution in [2.75, 3.05) is 25.2 Å². The molecule has 0 fully saturated rings. The predicted octanol–water partition coefficient (Wildman–Crippen LogP) is 3.12. The minimum absolute atomic E-state index is 0.115. The van der Waals surface area contributed by atoms with Gasteiger partial charge >= 0.3 is 0 Å². The van der Waals surface area contributed by atoms with Gasteiger partial charge in [0.25, 0.3) is 0 Å². The lowest BCUT2D eigenvalue weighted by molar-refractivity contribution is -0.113. The number of hydrogen-bond acceptors (Lipinski definition) is 4. The van der Waals surface area contributed by atoms with Crippen LogP contribution in [0.4, 0.5) is 10.1 Å². The SMILES string of the molecule is Cc1ccc(S(=O)(=O)N(C)C)cc1NC(=O)CSc1ccc(F)cc1. The van der Waals surface area contributed by atoms with Crippen LogP contribution in [0.25, 0.3) is 0 Å². The molecule has 0 unspecified atom stereocenters. The number of carbonyl (C=O) groups is 1. The van der Waals surface area contributed by atoms with Gasteiger partial charge < -0.3 is 5.32 Å². The quantitative estimate of drug-likeness (QED) is 0.780. The van der Waals surface area contributed by atoms with E-state index >= 15 is 0 Å². The third kappa shape index (κ3) is 5.04. The Morgan fingerprint density at radius 2 is 1.80 bits per heavy atom. The van der Waals surface area contributed by atoms with Gasteiger partial charge in [0, 0.05) is 24.7 Å². The average molecular weight is 382 g/mol. The smallest absolute Gasteiger partial charge is 0.242 e. The number of thioether (sulfide) groups is 1. The Kier molecular flexibility index (Phi) is 6.21. The largest absolute Gasteiger partial charge is 0.325 e. The molecule has 0 aliphatic heterocycles. The van der Waals surface area contributed by atoms with E-state index in [1.807, 2.05) is 0 Å². The second-order valence-corrected chi connectivity index (χ2v) is 8.76. The highest BCUT2D eigenvalue weighted by Gasteiger charge is 2.18. The molecule has 25 heavy (non-hydrogen) atoms. The molecular formula is C17H19FN2O3S2. The highest BCUT2D eigenvalue weighted by molar-refractivity contribution is 8.00. The fourth-order valence-corrected chi connectivity index (χ4v) is 3.60. The molecule has 0 spiro atoms.